The number of carbonyl (C=O) groups excluding carboxylic acids is 2. The molecular weight excluding hydrogens is 276 g/mol. The summed E-state index contributed by atoms with van der Waals surface area (Å²) in [6, 6.07) is 0. The van der Waals surface area contributed by atoms with E-state index in [1.807, 2.05) is 6.92 Å². The van der Waals surface area contributed by atoms with Gasteiger partial charge in [-0.05, 0) is 19.1 Å². The number of aliphatic hydroxyl groups excluding tert-OH is 2. The highest BCUT2D eigenvalue weighted by molar-refractivity contribution is 5.94. The van der Waals surface area contributed by atoms with Crippen molar-refractivity contribution in [3.8, 4) is 0 Å². The first kappa shape index (κ1) is 14.0. The van der Waals surface area contributed by atoms with Crippen molar-refractivity contribution in [2.45, 2.75) is 38.1 Å². The molecule has 3 unspecified atom stereocenters. The zero-order chi connectivity index (χ0) is 15.1. The van der Waals surface area contributed by atoms with Gasteiger partial charge < -0.3 is 19.7 Å². The molecule has 2 heterocycles. The minimum atomic E-state index is -1.07. The largest absolute Gasteiger partial charge is 0.454 e. The van der Waals surface area contributed by atoms with Gasteiger partial charge in [-0.15, -0.1) is 0 Å². The first-order valence-electron chi connectivity index (χ1n) is 6.81. The molecule has 0 radical (unpaired) electrons. The highest BCUT2D eigenvalue weighted by atomic mass is 16.6. The SMILES string of the molecule is C/C1=C/C2OC(=O)C(CO)=C2C(O)CC2=CC(C1)OC2=O. The standard InChI is InChI=1S/C15H16O6/c1-7-2-9-4-8(14(18)20-9)5-11(17)13-10(6-16)15(19)21-12(13)3-7/h3-4,9,11-12,16-17H,2,5-6H2,1H3/b7-3-. The van der Waals surface area contributed by atoms with Crippen molar-refractivity contribution in [3.63, 3.8) is 0 Å². The summed E-state index contributed by atoms with van der Waals surface area (Å²) in [5.41, 5.74) is 1.68. The van der Waals surface area contributed by atoms with Crippen LogP contribution in [0.4, 0.5) is 0 Å². The smallest absolute Gasteiger partial charge is 0.337 e. The Morgan fingerprint density at radius 2 is 1.95 bits per heavy atom. The van der Waals surface area contributed by atoms with Gasteiger partial charge in [0.25, 0.3) is 0 Å². The number of hydrogen-bond acceptors (Lipinski definition) is 6. The van der Waals surface area contributed by atoms with E-state index in [0.29, 0.717) is 17.6 Å². The summed E-state index contributed by atoms with van der Waals surface area (Å²) in [4.78, 5) is 23.5. The third-order valence-electron chi connectivity index (χ3n) is 3.93. The molecule has 3 atom stereocenters. The number of hydrogen-bond donors (Lipinski definition) is 2. The second-order valence-electron chi connectivity index (χ2n) is 5.49. The second kappa shape index (κ2) is 5.13. The van der Waals surface area contributed by atoms with Crippen LogP contribution in [-0.2, 0) is 19.1 Å². The van der Waals surface area contributed by atoms with E-state index in [2.05, 4.69) is 0 Å². The van der Waals surface area contributed by atoms with Crippen LogP contribution >= 0.6 is 0 Å². The molecule has 0 aromatic carbocycles. The van der Waals surface area contributed by atoms with Crippen LogP contribution in [0.25, 0.3) is 0 Å². The van der Waals surface area contributed by atoms with Crippen molar-refractivity contribution in [1.82, 2.24) is 0 Å². The van der Waals surface area contributed by atoms with Crippen LogP contribution in [0.1, 0.15) is 19.8 Å². The molecular formula is C15H16O6. The van der Waals surface area contributed by atoms with Gasteiger partial charge in [0, 0.05) is 24.0 Å². The Hall–Kier alpha value is -1.92. The minimum Gasteiger partial charge on any atom is -0.454 e. The van der Waals surface area contributed by atoms with E-state index >= 15 is 0 Å². The Morgan fingerprint density at radius 3 is 2.67 bits per heavy atom. The van der Waals surface area contributed by atoms with Crippen LogP contribution in [0.2, 0.25) is 0 Å². The third kappa shape index (κ3) is 2.41. The normalized spacial score (nSPS) is 34.7. The number of rotatable bonds is 1. The molecule has 0 saturated heterocycles. The second-order valence-corrected chi connectivity index (χ2v) is 5.49. The summed E-state index contributed by atoms with van der Waals surface area (Å²) >= 11 is 0. The predicted molar refractivity (Wildman–Crippen MR) is 71.0 cm³/mol. The maximum atomic E-state index is 11.8. The van der Waals surface area contributed by atoms with Gasteiger partial charge in [-0.1, -0.05) is 5.57 Å². The fourth-order valence-electron chi connectivity index (χ4n) is 2.96. The van der Waals surface area contributed by atoms with Gasteiger partial charge >= 0.3 is 11.9 Å². The number of carbonyl (C=O) groups is 2. The van der Waals surface area contributed by atoms with E-state index in [0.717, 1.165) is 5.57 Å². The summed E-state index contributed by atoms with van der Waals surface area (Å²) in [5, 5.41) is 19.7. The molecule has 2 bridgehead atoms. The fraction of sp³-hybridized carbons (Fsp3) is 0.467. The van der Waals surface area contributed by atoms with Gasteiger partial charge in [0.15, 0.2) is 0 Å². The summed E-state index contributed by atoms with van der Waals surface area (Å²) in [6.07, 6.45) is 1.90. The van der Waals surface area contributed by atoms with Crippen molar-refractivity contribution in [3.05, 3.63) is 34.4 Å². The lowest BCUT2D eigenvalue weighted by atomic mass is 9.91. The van der Waals surface area contributed by atoms with E-state index in [1.54, 1.807) is 12.2 Å². The Bertz CT molecular complexity index is 597. The van der Waals surface area contributed by atoms with Crippen molar-refractivity contribution >= 4 is 11.9 Å². The average molecular weight is 292 g/mol. The van der Waals surface area contributed by atoms with Gasteiger partial charge in [0.1, 0.15) is 12.2 Å². The van der Waals surface area contributed by atoms with Gasteiger partial charge in [-0.2, -0.15) is 0 Å². The predicted octanol–water partition coefficient (Wildman–Crippen LogP) is 0.154. The number of esters is 2. The quantitative estimate of drug-likeness (QED) is 0.528. The van der Waals surface area contributed by atoms with Crippen molar-refractivity contribution < 1.29 is 29.3 Å². The molecule has 21 heavy (non-hydrogen) atoms. The molecule has 0 amide bonds. The summed E-state index contributed by atoms with van der Waals surface area (Å²) in [6.45, 7) is 1.34. The molecule has 3 rings (SSSR count). The Balaban J connectivity index is 2.04. The molecule has 2 N–H and O–H groups in total. The molecule has 0 aromatic heterocycles. The summed E-state index contributed by atoms with van der Waals surface area (Å²) in [7, 11) is 0. The van der Waals surface area contributed by atoms with Gasteiger partial charge in [-0.25, -0.2) is 9.59 Å². The zero-order valence-electron chi connectivity index (χ0n) is 11.5. The maximum absolute atomic E-state index is 11.8. The third-order valence-corrected chi connectivity index (χ3v) is 3.93. The first-order valence-corrected chi connectivity index (χ1v) is 6.81. The Kier molecular flexibility index (Phi) is 3.43. The number of ether oxygens (including phenoxy) is 2. The Morgan fingerprint density at radius 1 is 1.19 bits per heavy atom. The van der Waals surface area contributed by atoms with Gasteiger partial charge in [-0.3, -0.25) is 0 Å². The molecule has 0 fully saturated rings. The molecule has 0 aromatic rings. The van der Waals surface area contributed by atoms with Crippen molar-refractivity contribution in [2.24, 2.45) is 0 Å². The van der Waals surface area contributed by atoms with Crippen molar-refractivity contribution in [1.29, 1.82) is 0 Å². The summed E-state index contributed by atoms with van der Waals surface area (Å²) < 4.78 is 10.4. The molecule has 0 spiro atoms. The average Bonchev–Trinajstić information content (AvgIpc) is 2.89. The molecule has 6 heteroatoms. The molecule has 112 valence electrons. The van der Waals surface area contributed by atoms with Crippen molar-refractivity contribution in [2.75, 3.05) is 6.61 Å². The first-order chi connectivity index (χ1) is 9.99. The lowest BCUT2D eigenvalue weighted by Crippen LogP contribution is -2.22. The van der Waals surface area contributed by atoms with Crippen LogP contribution in [0.5, 0.6) is 0 Å². The topological polar surface area (TPSA) is 93.1 Å². The van der Waals surface area contributed by atoms with E-state index in [4.69, 9.17) is 9.47 Å². The van der Waals surface area contributed by atoms with Crippen LogP contribution in [0.3, 0.4) is 0 Å². The summed E-state index contributed by atoms with van der Waals surface area (Å²) in [5.74, 6) is -1.07. The number of aliphatic hydroxyl groups is 2. The fourth-order valence-corrected chi connectivity index (χ4v) is 2.96. The van der Waals surface area contributed by atoms with Crippen LogP contribution in [-0.4, -0.2) is 47.1 Å². The molecule has 6 nitrogen and oxygen atoms in total. The van der Waals surface area contributed by atoms with Crippen LogP contribution in [0, 0.1) is 0 Å². The van der Waals surface area contributed by atoms with E-state index in [-0.39, 0.29) is 18.1 Å². The van der Waals surface area contributed by atoms with Crippen LogP contribution < -0.4 is 0 Å². The number of fused-ring (bicyclic) bond motifs is 2. The Labute approximate surface area is 121 Å². The highest BCUT2D eigenvalue weighted by Gasteiger charge is 2.39. The highest BCUT2D eigenvalue weighted by Crippen LogP contribution is 2.33. The van der Waals surface area contributed by atoms with Crippen LogP contribution in [0.15, 0.2) is 34.4 Å². The van der Waals surface area contributed by atoms with Gasteiger partial charge in [0.05, 0.1) is 18.3 Å². The lowest BCUT2D eigenvalue weighted by Gasteiger charge is -2.18. The molecule has 2 aliphatic heterocycles. The monoisotopic (exact) mass is 292 g/mol. The van der Waals surface area contributed by atoms with E-state index < -0.39 is 30.8 Å². The molecule has 3 aliphatic rings. The van der Waals surface area contributed by atoms with Gasteiger partial charge in [0.2, 0.25) is 0 Å². The minimum absolute atomic E-state index is 0.0498. The zero-order valence-corrected chi connectivity index (χ0v) is 11.5. The van der Waals surface area contributed by atoms with E-state index in [9.17, 15) is 19.8 Å². The van der Waals surface area contributed by atoms with E-state index in [1.165, 1.54) is 0 Å². The molecule has 0 saturated carbocycles. The molecule has 1 aliphatic carbocycles. The lowest BCUT2D eigenvalue weighted by molar-refractivity contribution is -0.140. The maximum Gasteiger partial charge on any atom is 0.337 e.